The van der Waals surface area contributed by atoms with Crippen LogP contribution in [0.2, 0.25) is 0 Å². The molecule has 0 amide bonds. The van der Waals surface area contributed by atoms with Gasteiger partial charge in [-0.2, -0.15) is 0 Å². The van der Waals surface area contributed by atoms with Crippen molar-refractivity contribution in [1.82, 2.24) is 15.2 Å². The molecular weight excluding hydrogens is 258 g/mol. The number of ketones is 1. The molecular formula is C14H17N3OS. The number of hydrogen-bond acceptors (Lipinski definition) is 4. The van der Waals surface area contributed by atoms with Crippen LogP contribution in [-0.4, -0.2) is 26.2 Å². The lowest BCUT2D eigenvalue weighted by Gasteiger charge is -2.07. The summed E-state index contributed by atoms with van der Waals surface area (Å²) >= 11 is 1.38. The van der Waals surface area contributed by atoms with E-state index < -0.39 is 0 Å². The van der Waals surface area contributed by atoms with Gasteiger partial charge >= 0.3 is 0 Å². The minimum atomic E-state index is -0.196. The molecule has 5 heteroatoms. The number of H-pyrrole nitrogens is 1. The summed E-state index contributed by atoms with van der Waals surface area (Å²) in [5.74, 6) is 1.25. The minimum absolute atomic E-state index is 0.0986. The zero-order valence-electron chi connectivity index (χ0n) is 11.3. The number of aromatic nitrogens is 3. The fourth-order valence-electron chi connectivity index (χ4n) is 1.62. The van der Waals surface area contributed by atoms with E-state index in [1.807, 2.05) is 51.1 Å². The monoisotopic (exact) mass is 275 g/mol. The van der Waals surface area contributed by atoms with Crippen molar-refractivity contribution < 1.29 is 4.79 Å². The van der Waals surface area contributed by atoms with Gasteiger partial charge in [0.15, 0.2) is 5.78 Å². The third-order valence-electron chi connectivity index (χ3n) is 2.74. The first-order valence-electron chi connectivity index (χ1n) is 6.26. The van der Waals surface area contributed by atoms with Crippen LogP contribution in [0.1, 0.15) is 42.9 Å². The van der Waals surface area contributed by atoms with Crippen molar-refractivity contribution in [2.24, 2.45) is 0 Å². The van der Waals surface area contributed by atoms with Crippen molar-refractivity contribution in [1.29, 1.82) is 0 Å². The Labute approximate surface area is 117 Å². The lowest BCUT2D eigenvalue weighted by atomic mass is 10.1. The van der Waals surface area contributed by atoms with Crippen LogP contribution < -0.4 is 0 Å². The Morgan fingerprint density at radius 2 is 1.89 bits per heavy atom. The molecule has 0 fully saturated rings. The third kappa shape index (κ3) is 3.44. The maximum Gasteiger partial charge on any atom is 0.209 e. The zero-order chi connectivity index (χ0) is 13.8. The highest BCUT2D eigenvalue weighted by Gasteiger charge is 2.18. The van der Waals surface area contributed by atoms with Crippen molar-refractivity contribution >= 4 is 17.5 Å². The van der Waals surface area contributed by atoms with E-state index in [0.29, 0.717) is 11.1 Å². The Kier molecular flexibility index (Phi) is 4.37. The van der Waals surface area contributed by atoms with Gasteiger partial charge in [-0.15, -0.1) is 5.10 Å². The molecule has 2 aromatic rings. The van der Waals surface area contributed by atoms with Gasteiger partial charge in [0, 0.05) is 11.5 Å². The van der Waals surface area contributed by atoms with Crippen LogP contribution in [0, 0.1) is 0 Å². The maximum absolute atomic E-state index is 12.2. The molecule has 0 spiro atoms. The molecule has 0 radical (unpaired) electrons. The van der Waals surface area contributed by atoms with Crippen LogP contribution in [0.5, 0.6) is 0 Å². The van der Waals surface area contributed by atoms with E-state index in [9.17, 15) is 4.79 Å². The second-order valence-electron chi connectivity index (χ2n) is 4.65. The van der Waals surface area contributed by atoms with E-state index in [0.717, 1.165) is 11.4 Å². The van der Waals surface area contributed by atoms with Crippen molar-refractivity contribution in [3.63, 3.8) is 0 Å². The third-order valence-corrected chi connectivity index (χ3v) is 3.70. The fourth-order valence-corrected chi connectivity index (χ4v) is 2.43. The van der Waals surface area contributed by atoms with Crippen molar-refractivity contribution in [3.8, 4) is 0 Å². The van der Waals surface area contributed by atoms with Crippen LogP contribution in [-0.2, 0) is 0 Å². The number of rotatable bonds is 5. The molecule has 1 aromatic heterocycles. The largest absolute Gasteiger partial charge is 0.293 e. The Morgan fingerprint density at radius 3 is 2.47 bits per heavy atom. The summed E-state index contributed by atoms with van der Waals surface area (Å²) in [4.78, 5) is 16.6. The molecule has 0 saturated carbocycles. The first kappa shape index (κ1) is 13.8. The molecule has 1 heterocycles. The first-order chi connectivity index (χ1) is 9.08. The van der Waals surface area contributed by atoms with Crippen molar-refractivity contribution in [2.75, 3.05) is 0 Å². The molecule has 4 nitrogen and oxygen atoms in total. The summed E-state index contributed by atoms with van der Waals surface area (Å²) in [6.45, 7) is 5.98. The molecule has 0 bridgehead atoms. The predicted molar refractivity (Wildman–Crippen MR) is 76.6 cm³/mol. The van der Waals surface area contributed by atoms with Gasteiger partial charge in [0.05, 0.1) is 5.25 Å². The van der Waals surface area contributed by atoms with Gasteiger partial charge in [-0.3, -0.25) is 9.89 Å². The number of thioether (sulfide) groups is 1. The van der Waals surface area contributed by atoms with E-state index in [-0.39, 0.29) is 11.0 Å². The van der Waals surface area contributed by atoms with Crippen LogP contribution in [0.3, 0.4) is 0 Å². The second kappa shape index (κ2) is 6.02. The zero-order valence-corrected chi connectivity index (χ0v) is 12.1. The predicted octanol–water partition coefficient (Wildman–Crippen LogP) is 3.29. The highest BCUT2D eigenvalue weighted by molar-refractivity contribution is 8.00. The first-order valence-corrected chi connectivity index (χ1v) is 7.14. The summed E-state index contributed by atoms with van der Waals surface area (Å²) < 4.78 is 0. The highest BCUT2D eigenvalue weighted by atomic mass is 32.2. The number of nitrogens with one attached hydrogen (secondary N) is 1. The van der Waals surface area contributed by atoms with Gasteiger partial charge in [-0.05, 0) is 6.92 Å². The maximum atomic E-state index is 12.2. The number of nitrogens with zero attached hydrogens (tertiary/aromatic N) is 2. The molecule has 2 rings (SSSR count). The molecule has 100 valence electrons. The quantitative estimate of drug-likeness (QED) is 0.672. The van der Waals surface area contributed by atoms with E-state index in [4.69, 9.17) is 0 Å². The summed E-state index contributed by atoms with van der Waals surface area (Å²) in [7, 11) is 0. The average Bonchev–Trinajstić information content (AvgIpc) is 2.87. The SMILES string of the molecule is CC(Sc1n[nH]c(C(C)C)n1)C(=O)c1ccccc1. The van der Waals surface area contributed by atoms with Gasteiger partial charge in [0.2, 0.25) is 5.16 Å². The van der Waals surface area contributed by atoms with Gasteiger partial charge in [0.25, 0.3) is 0 Å². The van der Waals surface area contributed by atoms with E-state index >= 15 is 0 Å². The molecule has 1 unspecified atom stereocenters. The summed E-state index contributed by atoms with van der Waals surface area (Å²) in [6, 6.07) is 9.30. The minimum Gasteiger partial charge on any atom is -0.293 e. The van der Waals surface area contributed by atoms with Gasteiger partial charge in [0.1, 0.15) is 5.82 Å². The number of Topliss-reactive ketones (excluding diaryl/α,β-unsaturated/α-hetero) is 1. The molecule has 0 aliphatic carbocycles. The molecule has 1 atom stereocenters. The second-order valence-corrected chi connectivity index (χ2v) is 5.96. The lowest BCUT2D eigenvalue weighted by molar-refractivity contribution is 0.0994. The van der Waals surface area contributed by atoms with E-state index in [2.05, 4.69) is 15.2 Å². The topological polar surface area (TPSA) is 58.6 Å². The highest BCUT2D eigenvalue weighted by Crippen LogP contribution is 2.23. The van der Waals surface area contributed by atoms with Crippen LogP contribution >= 0.6 is 11.8 Å². The van der Waals surface area contributed by atoms with Crippen LogP contribution in [0.4, 0.5) is 0 Å². The summed E-state index contributed by atoms with van der Waals surface area (Å²) in [5, 5.41) is 7.45. The summed E-state index contributed by atoms with van der Waals surface area (Å²) in [5.41, 5.74) is 0.724. The molecule has 0 saturated heterocycles. The fraction of sp³-hybridized carbons (Fsp3) is 0.357. The Balaban J connectivity index is 2.04. The Hall–Kier alpha value is -1.62. The van der Waals surface area contributed by atoms with Gasteiger partial charge < -0.3 is 0 Å². The molecule has 0 aliphatic heterocycles. The standard InChI is InChI=1S/C14H17N3OS/c1-9(2)13-15-14(17-16-13)19-10(3)12(18)11-7-5-4-6-8-11/h4-10H,1-3H3,(H,15,16,17). The number of carbonyl (C=O) groups is 1. The van der Waals surface area contributed by atoms with Gasteiger partial charge in [-0.1, -0.05) is 55.9 Å². The number of benzene rings is 1. The summed E-state index contributed by atoms with van der Waals surface area (Å²) in [6.07, 6.45) is 0. The van der Waals surface area contributed by atoms with E-state index in [1.165, 1.54) is 11.8 Å². The van der Waals surface area contributed by atoms with Crippen LogP contribution in [0.25, 0.3) is 0 Å². The number of hydrogen-bond donors (Lipinski definition) is 1. The Morgan fingerprint density at radius 1 is 1.21 bits per heavy atom. The molecule has 1 N–H and O–H groups in total. The molecule has 19 heavy (non-hydrogen) atoms. The van der Waals surface area contributed by atoms with Gasteiger partial charge in [-0.25, -0.2) is 4.98 Å². The Bertz CT molecular complexity index is 551. The number of carbonyl (C=O) groups excluding carboxylic acids is 1. The average molecular weight is 275 g/mol. The van der Waals surface area contributed by atoms with E-state index in [1.54, 1.807) is 0 Å². The normalized spacial score (nSPS) is 12.6. The number of aromatic amines is 1. The molecule has 0 aliphatic rings. The van der Waals surface area contributed by atoms with Crippen molar-refractivity contribution in [2.45, 2.75) is 37.1 Å². The lowest BCUT2D eigenvalue weighted by Crippen LogP contribution is -2.13. The smallest absolute Gasteiger partial charge is 0.209 e. The molecule has 1 aromatic carbocycles. The van der Waals surface area contributed by atoms with Crippen molar-refractivity contribution in [3.05, 3.63) is 41.7 Å². The van der Waals surface area contributed by atoms with Crippen LogP contribution in [0.15, 0.2) is 35.5 Å².